The third-order valence-electron chi connectivity index (χ3n) is 19.3. The van der Waals surface area contributed by atoms with Crippen LogP contribution in [0.3, 0.4) is 0 Å². The molecular formula is C92H144Ac4O34S2Y3-6. The predicted octanol–water partition coefficient (Wildman–Crippen LogP) is 6.93. The Labute approximate surface area is 1020 Å². The molecule has 34 nitrogen and oxygen atoms in total. The molecule has 9 aliphatic heterocycles. The molecule has 5 aromatic rings. The van der Waals surface area contributed by atoms with Crippen LogP contribution in [0.4, 0.5) is 0 Å². The van der Waals surface area contributed by atoms with Crippen molar-refractivity contribution in [1.82, 2.24) is 0 Å². The van der Waals surface area contributed by atoms with Gasteiger partial charge in [-0.1, -0.05) is 137 Å². The van der Waals surface area contributed by atoms with E-state index in [1.807, 2.05) is 188 Å². The van der Waals surface area contributed by atoms with E-state index in [2.05, 4.69) is 20.8 Å². The van der Waals surface area contributed by atoms with E-state index in [4.69, 9.17) is 79.4 Å². The summed E-state index contributed by atoms with van der Waals surface area (Å²) in [6.45, 7) is 50.2. The summed E-state index contributed by atoms with van der Waals surface area (Å²) in [4.78, 5) is -0.136. The molecule has 9 fully saturated rings. The van der Waals surface area contributed by atoms with Crippen molar-refractivity contribution in [2.75, 3.05) is 39.6 Å². The van der Waals surface area contributed by atoms with Crippen molar-refractivity contribution < 1.29 is 437 Å². The van der Waals surface area contributed by atoms with Gasteiger partial charge in [-0.2, -0.15) is 111 Å². The molecule has 9 aliphatic rings. The molecule has 0 amide bonds. The third-order valence-corrected chi connectivity index (χ3v) is 21.9. The molecule has 13 N–H and O–H groups in total. The SMILES string of the molecule is CC.CC.CC.CC.CC.CC.CC1(C)OCC2OC(OC3C(CO)O[CH-]C(O)C3O)C(O)C(O)C2O1.Cc1ccc(S(=O)(=O)OCC2O[CH-]C(O)C(O)C2OC2OC3COC(C)(C)OC3C(O)C2O)cc1.Cc1ccc(S(=O)(=O)OCC2O[CH-]C(O)C(O)C2OC2OC3COC(C)(C)OC3C(O)C2O)cc1.[Ac].[Ac].[Ac].[Ac].[CH2-]c1ccccc1.[CH2-]c1ccccc1.[CH2-]c1ccccc1.[Y].[Y].[Y]. The summed E-state index contributed by atoms with van der Waals surface area (Å²) >= 11 is 0. The van der Waals surface area contributed by atoms with Gasteiger partial charge in [0.1, 0.15) is 91.6 Å². The van der Waals surface area contributed by atoms with Gasteiger partial charge in [-0.05, 0) is 98.0 Å². The number of aliphatic hydroxyl groups excluding tert-OH is 13. The Kier molecular flexibility index (Phi) is 81.9. The average Bonchev–Trinajstić information content (AvgIpc) is 0.836. The van der Waals surface area contributed by atoms with E-state index in [1.54, 1.807) is 65.8 Å². The summed E-state index contributed by atoms with van der Waals surface area (Å²) in [5, 5.41) is 133. The molecule has 43 heteroatoms. The Bertz CT molecular complexity index is 3770. The van der Waals surface area contributed by atoms with Gasteiger partial charge in [0.25, 0.3) is 20.2 Å². The standard InChI is InChI=1S/2C22H31O12S.C15H25O10.3C7H7.6C2H6.4Ac.3Y/c2*1-11-4-6-12(7-5-11)35(27,28)31-10-14-19(16(24)13(23)8-29-14)33-21-18(26)17(25)20-15(32-21)9-30-22(2,3)34-20;1-15(2)22-5-8-13(25-15)10(19)11(20)14(23-8)24-12-7(3-16)21-4-6(17)9(12)18;3*1-7-5-3-2-4-6-7;6*1-2;;;;;;;/h2*4-8,13-21,23-26H,9-10H2,1-3H3;4,6-14,16-20H,3,5H2,1-2H3;3*2-6H,1H2;6*1-2H3;;;;;;;/q6*-1;;;;;;;;;;;;;. The number of rotatable bonds is 15. The third kappa shape index (κ3) is 47.9. The zero-order chi connectivity index (χ0) is 96.8. The molecule has 27 atom stereocenters. The molecule has 7 radical (unpaired) electrons. The number of aliphatic hydroxyl groups is 13. The first-order valence-corrected chi connectivity index (χ1v) is 46.1. The molecular weight excluding hydrogens is 2890 g/mol. The summed E-state index contributed by atoms with van der Waals surface area (Å²) in [6, 6.07) is 41.7. The first kappa shape index (κ1) is 147. The van der Waals surface area contributed by atoms with Gasteiger partial charge < -0.3 is 137 Å². The predicted molar refractivity (Wildman–Crippen MR) is 471 cm³/mol. The minimum Gasteiger partial charge on any atom is -0.544 e. The number of hydrogen-bond acceptors (Lipinski definition) is 34. The molecule has 27 unspecified atom stereocenters. The van der Waals surface area contributed by atoms with E-state index in [-0.39, 0.29) is 304 Å². The molecule has 5 aromatic carbocycles. The van der Waals surface area contributed by atoms with Gasteiger partial charge in [-0.25, -0.2) is 0 Å². The van der Waals surface area contributed by atoms with Crippen LogP contribution in [0.15, 0.2) is 149 Å². The van der Waals surface area contributed by atoms with E-state index < -0.39 is 223 Å². The van der Waals surface area contributed by atoms with Crippen molar-refractivity contribution in [1.29, 1.82) is 0 Å². The van der Waals surface area contributed by atoms with Crippen molar-refractivity contribution in [3.8, 4) is 0 Å². The first-order valence-electron chi connectivity index (χ1n) is 43.3. The largest absolute Gasteiger partial charge is 0.544 e. The first-order chi connectivity index (χ1) is 60.7. The van der Waals surface area contributed by atoms with Crippen molar-refractivity contribution in [3.63, 3.8) is 0 Å². The van der Waals surface area contributed by atoms with E-state index in [0.717, 1.165) is 47.6 Å². The zero-order valence-electron chi connectivity index (χ0n) is 81.2. The zero-order valence-corrected chi connectivity index (χ0v) is 110. The van der Waals surface area contributed by atoms with Crippen LogP contribution in [0.25, 0.3) is 0 Å². The second-order valence-corrected chi connectivity index (χ2v) is 33.1. The van der Waals surface area contributed by atoms with Crippen LogP contribution < -0.4 is 0 Å². The summed E-state index contributed by atoms with van der Waals surface area (Å²) in [5.41, 5.74) is 4.95. The van der Waals surface area contributed by atoms with E-state index >= 15 is 0 Å². The number of ether oxygens (including phenoxy) is 15. The van der Waals surface area contributed by atoms with Crippen LogP contribution in [0.5, 0.6) is 0 Å². The summed E-state index contributed by atoms with van der Waals surface area (Å²) in [7, 11) is -8.32. The van der Waals surface area contributed by atoms with Crippen LogP contribution in [-0.4, -0.2) is 306 Å². The van der Waals surface area contributed by atoms with Crippen molar-refractivity contribution in [2.24, 2.45) is 0 Å². The number of fused-ring (bicyclic) bond motifs is 3. The van der Waals surface area contributed by atoms with Crippen LogP contribution in [-0.2, 0) is 198 Å². The van der Waals surface area contributed by atoms with E-state index in [9.17, 15) is 83.2 Å². The van der Waals surface area contributed by atoms with Crippen LogP contribution >= 0.6 is 0 Å². The van der Waals surface area contributed by atoms with Crippen LogP contribution in [0.2, 0.25) is 0 Å². The van der Waals surface area contributed by atoms with Crippen molar-refractivity contribution >= 4 is 20.2 Å². The molecule has 0 aromatic heterocycles. The fourth-order valence-electron chi connectivity index (χ4n) is 12.8. The van der Waals surface area contributed by atoms with Gasteiger partial charge in [0.15, 0.2) is 36.2 Å². The Balaban J connectivity index is -0.000000526. The summed E-state index contributed by atoms with van der Waals surface area (Å²) in [5.74, 6) is -2.90. The number of hydrogen-bond donors (Lipinski definition) is 13. The normalized spacial score (nSPS) is 31.5. The summed E-state index contributed by atoms with van der Waals surface area (Å²) in [6.07, 6.45) is -34.0. The fraction of sp³-hybridized carbons (Fsp3) is 0.609. The van der Waals surface area contributed by atoms with Gasteiger partial charge >= 0.3 is 0 Å². The topological polar surface area (TPSA) is 488 Å². The van der Waals surface area contributed by atoms with E-state index in [0.29, 0.717) is 0 Å². The average molecular weight is 3030 g/mol. The quantitative estimate of drug-likeness (QED) is 0.0373. The Morgan fingerprint density at radius 3 is 0.785 bits per heavy atom. The second kappa shape index (κ2) is 75.3. The maximum absolute atomic E-state index is 12.6. The Hall–Kier alpha value is 3.49. The van der Waals surface area contributed by atoms with Gasteiger partial charge in [-0.15, -0.1) is 36.4 Å². The Morgan fingerprint density at radius 2 is 0.570 bits per heavy atom. The number of benzene rings is 5. The molecule has 0 spiro atoms. The molecule has 0 aliphatic carbocycles. The minimum absolute atomic E-state index is 0. The molecule has 755 valence electrons. The minimum atomic E-state index is -4.16. The molecule has 14 rings (SSSR count). The second-order valence-electron chi connectivity index (χ2n) is 29.9. The summed E-state index contributed by atoms with van der Waals surface area (Å²) < 4.78 is 144. The molecule has 135 heavy (non-hydrogen) atoms. The van der Waals surface area contributed by atoms with Crippen LogP contribution in [0, 0.1) is 231 Å². The number of aryl methyl sites for hydroxylation is 2. The molecule has 0 saturated carbocycles. The maximum atomic E-state index is 12.6. The fourth-order valence-corrected chi connectivity index (χ4v) is 14.6. The Morgan fingerprint density at radius 1 is 0.348 bits per heavy atom. The van der Waals surface area contributed by atoms with Gasteiger partial charge in [0.2, 0.25) is 0 Å². The van der Waals surface area contributed by atoms with Gasteiger partial charge in [0, 0.05) is 274 Å². The van der Waals surface area contributed by atoms with Gasteiger partial charge in [0.05, 0.1) is 86.1 Å². The molecule has 9 heterocycles. The maximum Gasteiger partial charge on any atom is 0.297 e. The van der Waals surface area contributed by atoms with E-state index in [1.165, 1.54) is 24.3 Å². The monoisotopic (exact) mass is 3030 g/mol. The van der Waals surface area contributed by atoms with Gasteiger partial charge in [-0.3, -0.25) is 8.37 Å². The smallest absolute Gasteiger partial charge is 0.297 e. The molecule has 0 bridgehead atoms. The van der Waals surface area contributed by atoms with Crippen molar-refractivity contribution in [2.45, 2.75) is 331 Å². The van der Waals surface area contributed by atoms with Crippen molar-refractivity contribution in [3.05, 3.63) is 208 Å². The van der Waals surface area contributed by atoms with Crippen LogP contribution in [0.1, 0.15) is 152 Å². The molecule has 9 saturated heterocycles.